The van der Waals surface area contributed by atoms with Crippen LogP contribution in [0.5, 0.6) is 0 Å². The number of nitrogens with one attached hydrogen (secondary N) is 1. The fourth-order valence-electron chi connectivity index (χ4n) is 3.33. The van der Waals surface area contributed by atoms with Crippen molar-refractivity contribution < 1.29 is 4.79 Å². The lowest BCUT2D eigenvalue weighted by molar-refractivity contribution is -0.118. The lowest BCUT2D eigenvalue weighted by atomic mass is 9.92. The van der Waals surface area contributed by atoms with Crippen molar-refractivity contribution >= 4 is 45.6 Å². The van der Waals surface area contributed by atoms with Crippen molar-refractivity contribution in [1.29, 1.82) is 0 Å². The number of hydrogen-bond donors (Lipinski definition) is 1. The van der Waals surface area contributed by atoms with Crippen LogP contribution in [0.2, 0.25) is 10.0 Å². The van der Waals surface area contributed by atoms with Crippen molar-refractivity contribution in [3.8, 4) is 0 Å². The van der Waals surface area contributed by atoms with Gasteiger partial charge in [-0.25, -0.2) is 4.98 Å². The zero-order valence-electron chi connectivity index (χ0n) is 15.7. The first-order chi connectivity index (χ1) is 13.4. The van der Waals surface area contributed by atoms with Gasteiger partial charge < -0.3 is 5.32 Å². The summed E-state index contributed by atoms with van der Waals surface area (Å²) in [5, 5.41) is 4.75. The van der Waals surface area contributed by atoms with Crippen LogP contribution in [0.15, 0.2) is 42.6 Å². The van der Waals surface area contributed by atoms with E-state index in [1.807, 2.05) is 12.1 Å². The number of aryl methyl sites for hydroxylation is 2. The minimum atomic E-state index is -0.409. The fraction of sp³-hybridized carbons (Fsp3) is 0.273. The summed E-state index contributed by atoms with van der Waals surface area (Å²) < 4.78 is 0. The molecule has 0 aliphatic heterocycles. The number of carbonyl (C=O) groups excluding carboxylic acids is 1. The molecule has 3 aromatic rings. The Morgan fingerprint density at radius 2 is 1.89 bits per heavy atom. The van der Waals surface area contributed by atoms with E-state index in [1.54, 1.807) is 12.3 Å². The minimum absolute atomic E-state index is 0.0335. The molecule has 28 heavy (non-hydrogen) atoms. The van der Waals surface area contributed by atoms with Gasteiger partial charge in [-0.05, 0) is 61.1 Å². The second kappa shape index (κ2) is 7.51. The molecular weight excluding hydrogens is 411 g/mol. The highest BCUT2D eigenvalue weighted by molar-refractivity contribution is 7.15. The molecule has 4 rings (SSSR count). The molecule has 0 saturated heterocycles. The largest absolute Gasteiger partial charge is 0.301 e. The van der Waals surface area contributed by atoms with Crippen molar-refractivity contribution in [2.45, 2.75) is 38.5 Å². The van der Waals surface area contributed by atoms with E-state index in [4.69, 9.17) is 23.2 Å². The van der Waals surface area contributed by atoms with Crippen molar-refractivity contribution in [3.05, 3.63) is 79.8 Å². The maximum Gasteiger partial charge on any atom is 0.236 e. The predicted molar refractivity (Wildman–Crippen MR) is 117 cm³/mol. The second-order valence-corrected chi connectivity index (χ2v) is 9.32. The summed E-state index contributed by atoms with van der Waals surface area (Å²) in [7, 11) is 0. The van der Waals surface area contributed by atoms with E-state index in [1.165, 1.54) is 22.5 Å². The molecule has 1 N–H and O–H groups in total. The SMILES string of the molecule is Cc1ccc(C2(C(=O)Nc3ncc(Cc4ccc(Cl)c(Cl)c4)s3)CC2)cc1C. The molecule has 144 valence electrons. The molecule has 0 radical (unpaired) electrons. The Morgan fingerprint density at radius 1 is 1.11 bits per heavy atom. The van der Waals surface area contributed by atoms with Crippen LogP contribution >= 0.6 is 34.5 Å². The molecule has 1 heterocycles. The van der Waals surface area contributed by atoms with E-state index in [2.05, 4.69) is 42.3 Å². The summed E-state index contributed by atoms with van der Waals surface area (Å²) in [6.45, 7) is 4.17. The summed E-state index contributed by atoms with van der Waals surface area (Å²) in [5.41, 5.74) is 4.21. The highest BCUT2D eigenvalue weighted by atomic mass is 35.5. The quantitative estimate of drug-likeness (QED) is 0.513. The van der Waals surface area contributed by atoms with Gasteiger partial charge in [0.25, 0.3) is 0 Å². The average Bonchev–Trinajstić information content (AvgIpc) is 3.37. The van der Waals surface area contributed by atoms with Crippen molar-refractivity contribution in [2.75, 3.05) is 5.32 Å². The number of hydrogen-bond acceptors (Lipinski definition) is 3. The number of halogens is 2. The van der Waals surface area contributed by atoms with Gasteiger partial charge in [0.15, 0.2) is 5.13 Å². The van der Waals surface area contributed by atoms with Crippen LogP contribution in [0.4, 0.5) is 5.13 Å². The van der Waals surface area contributed by atoms with E-state index in [0.717, 1.165) is 28.8 Å². The second-order valence-electron chi connectivity index (χ2n) is 7.39. The smallest absolute Gasteiger partial charge is 0.236 e. The molecule has 2 aromatic carbocycles. The van der Waals surface area contributed by atoms with Gasteiger partial charge in [-0.3, -0.25) is 4.79 Å². The molecule has 1 aliphatic rings. The number of benzene rings is 2. The Morgan fingerprint density at radius 3 is 2.57 bits per heavy atom. The Kier molecular flexibility index (Phi) is 5.21. The van der Waals surface area contributed by atoms with Crippen LogP contribution in [0.3, 0.4) is 0 Å². The Balaban J connectivity index is 1.46. The molecule has 3 nitrogen and oxygen atoms in total. The first kappa shape index (κ1) is 19.4. The highest BCUT2D eigenvalue weighted by Crippen LogP contribution is 2.49. The van der Waals surface area contributed by atoms with Gasteiger partial charge in [-0.1, -0.05) is 47.5 Å². The number of carbonyl (C=O) groups is 1. The van der Waals surface area contributed by atoms with Crippen LogP contribution < -0.4 is 5.32 Å². The third kappa shape index (κ3) is 3.82. The van der Waals surface area contributed by atoms with Gasteiger partial charge in [-0.2, -0.15) is 0 Å². The van der Waals surface area contributed by atoms with Gasteiger partial charge in [-0.15, -0.1) is 11.3 Å². The monoisotopic (exact) mass is 430 g/mol. The summed E-state index contributed by atoms with van der Waals surface area (Å²) in [6.07, 6.45) is 4.26. The van der Waals surface area contributed by atoms with Crippen LogP contribution in [0.1, 0.15) is 40.0 Å². The Labute approximate surface area is 178 Å². The summed E-state index contributed by atoms with van der Waals surface area (Å²) in [5.74, 6) is 0.0335. The van der Waals surface area contributed by atoms with Gasteiger partial charge in [0.05, 0.1) is 15.5 Å². The zero-order valence-corrected chi connectivity index (χ0v) is 18.0. The molecule has 0 atom stereocenters. The van der Waals surface area contributed by atoms with E-state index in [0.29, 0.717) is 21.6 Å². The maximum atomic E-state index is 13.0. The van der Waals surface area contributed by atoms with Crippen LogP contribution in [0, 0.1) is 13.8 Å². The summed E-state index contributed by atoms with van der Waals surface area (Å²) >= 11 is 13.6. The standard InChI is InChI=1S/C22H20Cl2N2OS/c1-13-3-5-16(9-14(13)2)22(7-8-22)20(27)26-21-25-12-17(28-21)10-15-4-6-18(23)19(24)11-15/h3-6,9,11-12H,7-8,10H2,1-2H3,(H,25,26,27). The van der Waals surface area contributed by atoms with Crippen LogP contribution in [-0.4, -0.2) is 10.9 Å². The molecule has 0 bridgehead atoms. The van der Waals surface area contributed by atoms with Crippen molar-refractivity contribution in [3.63, 3.8) is 0 Å². The molecule has 6 heteroatoms. The lowest BCUT2D eigenvalue weighted by Crippen LogP contribution is -2.27. The number of thiazole rings is 1. The molecule has 1 saturated carbocycles. The molecule has 1 fully saturated rings. The molecule has 0 unspecified atom stereocenters. The van der Waals surface area contributed by atoms with Crippen molar-refractivity contribution in [1.82, 2.24) is 4.98 Å². The topological polar surface area (TPSA) is 42.0 Å². The molecule has 1 aromatic heterocycles. The van der Waals surface area contributed by atoms with Crippen LogP contribution in [0.25, 0.3) is 0 Å². The molecular formula is C22H20Cl2N2OS. The number of aromatic nitrogens is 1. The van der Waals surface area contributed by atoms with E-state index >= 15 is 0 Å². The first-order valence-corrected chi connectivity index (χ1v) is 10.7. The molecule has 1 amide bonds. The normalized spacial score (nSPS) is 14.7. The minimum Gasteiger partial charge on any atom is -0.301 e. The predicted octanol–water partition coefficient (Wildman–Crippen LogP) is 6.33. The van der Waals surface area contributed by atoms with Crippen molar-refractivity contribution in [2.24, 2.45) is 0 Å². The number of nitrogens with zero attached hydrogens (tertiary/aromatic N) is 1. The summed E-state index contributed by atoms with van der Waals surface area (Å²) in [4.78, 5) is 18.4. The lowest BCUT2D eigenvalue weighted by Gasteiger charge is -2.16. The van der Waals surface area contributed by atoms with E-state index in [9.17, 15) is 4.79 Å². The van der Waals surface area contributed by atoms with Crippen LogP contribution in [-0.2, 0) is 16.6 Å². The zero-order chi connectivity index (χ0) is 19.9. The highest BCUT2D eigenvalue weighted by Gasteiger charge is 2.51. The van der Waals surface area contributed by atoms with Gasteiger partial charge >= 0.3 is 0 Å². The Hall–Kier alpha value is -1.88. The third-order valence-electron chi connectivity index (χ3n) is 5.38. The van der Waals surface area contributed by atoms with E-state index in [-0.39, 0.29) is 5.91 Å². The fourth-order valence-corrected chi connectivity index (χ4v) is 4.49. The number of amides is 1. The van der Waals surface area contributed by atoms with Gasteiger partial charge in [0.2, 0.25) is 5.91 Å². The average molecular weight is 431 g/mol. The third-order valence-corrected chi connectivity index (χ3v) is 7.03. The van der Waals surface area contributed by atoms with E-state index < -0.39 is 5.41 Å². The first-order valence-electron chi connectivity index (χ1n) is 9.15. The van der Waals surface area contributed by atoms with Gasteiger partial charge in [0.1, 0.15) is 0 Å². The summed E-state index contributed by atoms with van der Waals surface area (Å²) in [6, 6.07) is 11.9. The number of anilines is 1. The molecule has 0 spiro atoms. The Bertz CT molecular complexity index is 1060. The molecule has 1 aliphatic carbocycles. The number of rotatable bonds is 5. The van der Waals surface area contributed by atoms with Gasteiger partial charge in [0, 0.05) is 17.5 Å². The maximum absolute atomic E-state index is 13.0.